The summed E-state index contributed by atoms with van der Waals surface area (Å²) in [5.41, 5.74) is 0.578. The first-order valence-corrected chi connectivity index (χ1v) is 4.94. The summed E-state index contributed by atoms with van der Waals surface area (Å²) in [5.74, 6) is -0.403. The fraction of sp³-hybridized carbons (Fsp3) is 0.182. The quantitative estimate of drug-likeness (QED) is 0.512. The van der Waals surface area contributed by atoms with E-state index in [-0.39, 0.29) is 18.7 Å². The molecule has 1 rings (SSSR count). The second-order valence-corrected chi connectivity index (χ2v) is 3.19. The molecule has 6 heteroatoms. The summed E-state index contributed by atoms with van der Waals surface area (Å²) < 4.78 is 0. The van der Waals surface area contributed by atoms with Gasteiger partial charge in [-0.1, -0.05) is 18.2 Å². The zero-order valence-electron chi connectivity index (χ0n) is 8.97. The first-order valence-electron chi connectivity index (χ1n) is 4.94. The Balaban J connectivity index is 2.52. The van der Waals surface area contributed by atoms with E-state index in [1.54, 1.807) is 12.1 Å². The molecule has 17 heavy (non-hydrogen) atoms. The Morgan fingerprint density at radius 2 is 1.82 bits per heavy atom. The molecule has 0 saturated heterocycles. The zero-order valence-corrected chi connectivity index (χ0v) is 8.97. The minimum absolute atomic E-state index is 0.115. The van der Waals surface area contributed by atoms with E-state index in [0.717, 1.165) is 0 Å². The SMILES string of the molecule is O=Cc1ccccc1C(=O)NCCNC(=O)O. The number of carboxylic acid groups (broad SMARTS) is 1. The Hall–Kier alpha value is -2.37. The molecule has 1 aromatic carbocycles. The molecule has 1 aromatic rings. The van der Waals surface area contributed by atoms with Crippen LogP contribution < -0.4 is 10.6 Å². The number of rotatable bonds is 5. The van der Waals surface area contributed by atoms with Crippen LogP contribution in [0.5, 0.6) is 0 Å². The molecule has 0 saturated carbocycles. The topological polar surface area (TPSA) is 95.5 Å². The summed E-state index contributed by atoms with van der Waals surface area (Å²) in [7, 11) is 0. The molecule has 3 N–H and O–H groups in total. The molecule has 6 nitrogen and oxygen atoms in total. The summed E-state index contributed by atoms with van der Waals surface area (Å²) in [6.07, 6.45) is -0.544. The smallest absolute Gasteiger partial charge is 0.404 e. The van der Waals surface area contributed by atoms with Gasteiger partial charge in [-0.05, 0) is 6.07 Å². The molecule has 0 atom stereocenters. The summed E-state index contributed by atoms with van der Waals surface area (Å²) >= 11 is 0. The van der Waals surface area contributed by atoms with E-state index < -0.39 is 12.0 Å². The third-order valence-electron chi connectivity index (χ3n) is 2.02. The highest BCUT2D eigenvalue weighted by atomic mass is 16.4. The van der Waals surface area contributed by atoms with Crippen molar-refractivity contribution >= 4 is 18.3 Å². The molecular weight excluding hydrogens is 224 g/mol. The fourth-order valence-electron chi connectivity index (χ4n) is 1.25. The molecule has 0 aliphatic rings. The monoisotopic (exact) mass is 236 g/mol. The van der Waals surface area contributed by atoms with Gasteiger partial charge >= 0.3 is 6.09 Å². The van der Waals surface area contributed by atoms with E-state index in [4.69, 9.17) is 5.11 Å². The maximum Gasteiger partial charge on any atom is 0.404 e. The van der Waals surface area contributed by atoms with Gasteiger partial charge in [-0.15, -0.1) is 0 Å². The van der Waals surface area contributed by atoms with E-state index in [2.05, 4.69) is 10.6 Å². The van der Waals surface area contributed by atoms with Crippen molar-refractivity contribution in [3.63, 3.8) is 0 Å². The van der Waals surface area contributed by atoms with Crippen molar-refractivity contribution in [1.82, 2.24) is 10.6 Å². The predicted molar refractivity (Wildman–Crippen MR) is 60.2 cm³/mol. The van der Waals surface area contributed by atoms with Crippen LogP contribution in [0, 0.1) is 0 Å². The molecule has 2 amide bonds. The Labute approximate surface area is 97.6 Å². The van der Waals surface area contributed by atoms with Crippen LogP contribution in [0.2, 0.25) is 0 Å². The maximum atomic E-state index is 11.6. The van der Waals surface area contributed by atoms with E-state index >= 15 is 0 Å². The highest BCUT2D eigenvalue weighted by Crippen LogP contribution is 2.05. The van der Waals surface area contributed by atoms with Crippen molar-refractivity contribution in [3.8, 4) is 0 Å². The van der Waals surface area contributed by atoms with Crippen LogP contribution in [-0.4, -0.2) is 36.5 Å². The van der Waals surface area contributed by atoms with E-state index in [0.29, 0.717) is 11.8 Å². The highest BCUT2D eigenvalue weighted by Gasteiger charge is 2.09. The van der Waals surface area contributed by atoms with E-state index in [1.165, 1.54) is 12.1 Å². The number of aldehydes is 1. The van der Waals surface area contributed by atoms with Gasteiger partial charge in [0, 0.05) is 24.2 Å². The van der Waals surface area contributed by atoms with Gasteiger partial charge in [-0.3, -0.25) is 9.59 Å². The highest BCUT2D eigenvalue weighted by molar-refractivity contribution is 6.01. The van der Waals surface area contributed by atoms with Crippen molar-refractivity contribution < 1.29 is 19.5 Å². The number of carbonyl (C=O) groups excluding carboxylic acids is 2. The largest absolute Gasteiger partial charge is 0.465 e. The van der Waals surface area contributed by atoms with Crippen molar-refractivity contribution in [2.75, 3.05) is 13.1 Å². The molecular formula is C11H12N2O4. The van der Waals surface area contributed by atoms with Gasteiger partial charge in [0.2, 0.25) is 0 Å². The van der Waals surface area contributed by atoms with Crippen LogP contribution in [0.1, 0.15) is 20.7 Å². The van der Waals surface area contributed by atoms with Crippen LogP contribution in [0.25, 0.3) is 0 Å². The van der Waals surface area contributed by atoms with Crippen molar-refractivity contribution in [2.24, 2.45) is 0 Å². The van der Waals surface area contributed by atoms with Gasteiger partial charge in [0.1, 0.15) is 0 Å². The second kappa shape index (κ2) is 6.26. The van der Waals surface area contributed by atoms with Crippen LogP contribution in [0.15, 0.2) is 24.3 Å². The summed E-state index contributed by atoms with van der Waals surface area (Å²) in [6, 6.07) is 6.38. The summed E-state index contributed by atoms with van der Waals surface area (Å²) in [5, 5.41) is 12.9. The molecule has 0 heterocycles. The fourth-order valence-corrected chi connectivity index (χ4v) is 1.25. The number of nitrogens with one attached hydrogen (secondary N) is 2. The predicted octanol–water partition coefficient (Wildman–Crippen LogP) is 0.496. The number of carbonyl (C=O) groups is 3. The van der Waals surface area contributed by atoms with Crippen LogP contribution in [-0.2, 0) is 0 Å². The third kappa shape index (κ3) is 3.94. The Morgan fingerprint density at radius 3 is 2.47 bits per heavy atom. The minimum Gasteiger partial charge on any atom is -0.465 e. The minimum atomic E-state index is -1.15. The third-order valence-corrected chi connectivity index (χ3v) is 2.02. The molecule has 0 radical (unpaired) electrons. The standard InChI is InChI=1S/C11H12N2O4/c14-7-8-3-1-2-4-9(8)10(15)12-5-6-13-11(16)17/h1-4,7,13H,5-6H2,(H,12,15)(H,16,17). The maximum absolute atomic E-state index is 11.6. The first kappa shape index (κ1) is 12.7. The van der Waals surface area contributed by atoms with Crippen LogP contribution in [0.3, 0.4) is 0 Å². The van der Waals surface area contributed by atoms with Crippen molar-refractivity contribution in [3.05, 3.63) is 35.4 Å². The normalized spacial score (nSPS) is 9.41. The Kier molecular flexibility index (Phi) is 4.68. The van der Waals surface area contributed by atoms with Gasteiger partial charge in [0.05, 0.1) is 0 Å². The lowest BCUT2D eigenvalue weighted by molar-refractivity contribution is 0.0947. The van der Waals surface area contributed by atoms with Crippen molar-refractivity contribution in [2.45, 2.75) is 0 Å². The van der Waals surface area contributed by atoms with Crippen molar-refractivity contribution in [1.29, 1.82) is 0 Å². The van der Waals surface area contributed by atoms with E-state index in [1.807, 2.05) is 0 Å². The zero-order chi connectivity index (χ0) is 12.7. The first-order chi connectivity index (χ1) is 8.15. The molecule has 0 unspecified atom stereocenters. The molecule has 0 bridgehead atoms. The molecule has 0 spiro atoms. The van der Waals surface area contributed by atoms with Gasteiger partial charge in [0.25, 0.3) is 5.91 Å². The lowest BCUT2D eigenvalue weighted by atomic mass is 10.1. The van der Waals surface area contributed by atoms with E-state index in [9.17, 15) is 14.4 Å². The number of benzene rings is 1. The Morgan fingerprint density at radius 1 is 1.18 bits per heavy atom. The van der Waals surface area contributed by atoms with Crippen LogP contribution >= 0.6 is 0 Å². The van der Waals surface area contributed by atoms with Gasteiger partial charge in [0.15, 0.2) is 6.29 Å². The molecule has 0 aromatic heterocycles. The number of hydrogen-bond acceptors (Lipinski definition) is 3. The number of amides is 2. The average Bonchev–Trinajstić information content (AvgIpc) is 2.34. The lowest BCUT2D eigenvalue weighted by Gasteiger charge is -2.06. The van der Waals surface area contributed by atoms with Gasteiger partial charge in [-0.25, -0.2) is 4.79 Å². The van der Waals surface area contributed by atoms with Gasteiger partial charge < -0.3 is 15.7 Å². The van der Waals surface area contributed by atoms with Crippen LogP contribution in [0.4, 0.5) is 4.79 Å². The molecule has 0 fully saturated rings. The Bertz CT molecular complexity index is 431. The summed E-state index contributed by atoms with van der Waals surface area (Å²) in [6.45, 7) is 0.280. The lowest BCUT2D eigenvalue weighted by Crippen LogP contribution is -2.34. The number of hydrogen-bond donors (Lipinski definition) is 3. The average molecular weight is 236 g/mol. The molecule has 90 valence electrons. The summed E-state index contributed by atoms with van der Waals surface area (Å²) in [4.78, 5) is 32.4. The molecule has 0 aliphatic carbocycles. The molecule has 0 aliphatic heterocycles. The second-order valence-electron chi connectivity index (χ2n) is 3.19. The van der Waals surface area contributed by atoms with Gasteiger partial charge in [-0.2, -0.15) is 0 Å².